The molecule has 0 aliphatic heterocycles. The summed E-state index contributed by atoms with van der Waals surface area (Å²) < 4.78 is 38.2. The summed E-state index contributed by atoms with van der Waals surface area (Å²) in [6, 6.07) is -0.755. The molecule has 118 valence electrons. The average molecular weight is 321 g/mol. The Bertz CT molecular complexity index is 464. The predicted molar refractivity (Wildman–Crippen MR) is 73.9 cm³/mol. The molecular weight excluding hydrogens is 303 g/mol. The Hall–Kier alpha value is -1.31. The number of hydrogen-bond donors (Lipinski definition) is 1. The van der Waals surface area contributed by atoms with E-state index in [2.05, 4.69) is 10.3 Å². The summed E-state index contributed by atoms with van der Waals surface area (Å²) in [5, 5.41) is 5.31. The maximum absolute atomic E-state index is 12.7. The van der Waals surface area contributed by atoms with Crippen LogP contribution in [-0.4, -0.2) is 35.2 Å². The fourth-order valence-electron chi connectivity index (χ4n) is 2.51. The van der Waals surface area contributed by atoms with Gasteiger partial charge in [-0.2, -0.15) is 13.2 Å². The second kappa shape index (κ2) is 6.64. The highest BCUT2D eigenvalue weighted by atomic mass is 32.1. The molecular formula is C13H18F3N3OS. The topological polar surface area (TPSA) is 45.2 Å². The highest BCUT2D eigenvalue weighted by molar-refractivity contribution is 7.09. The molecule has 1 N–H and O–H groups in total. The van der Waals surface area contributed by atoms with Crippen molar-refractivity contribution in [3.8, 4) is 0 Å². The number of nitrogens with one attached hydrogen (secondary N) is 1. The van der Waals surface area contributed by atoms with E-state index in [0.29, 0.717) is 19.4 Å². The van der Waals surface area contributed by atoms with Gasteiger partial charge >= 0.3 is 12.2 Å². The van der Waals surface area contributed by atoms with Gasteiger partial charge in [-0.3, -0.25) is 0 Å². The lowest BCUT2D eigenvalue weighted by molar-refractivity contribution is -0.183. The van der Waals surface area contributed by atoms with Crippen molar-refractivity contribution < 1.29 is 18.0 Å². The predicted octanol–water partition coefficient (Wildman–Crippen LogP) is 3.41. The molecule has 0 radical (unpaired) electrons. The molecule has 0 spiro atoms. The summed E-state index contributed by atoms with van der Waals surface area (Å²) >= 11 is 1.44. The third-order valence-electron chi connectivity index (χ3n) is 3.67. The van der Waals surface area contributed by atoms with Gasteiger partial charge in [-0.1, -0.05) is 6.42 Å². The van der Waals surface area contributed by atoms with Crippen molar-refractivity contribution in [2.75, 3.05) is 7.05 Å². The van der Waals surface area contributed by atoms with Gasteiger partial charge in [0.15, 0.2) is 0 Å². The Morgan fingerprint density at radius 1 is 1.52 bits per heavy atom. The average Bonchev–Trinajstić information content (AvgIpc) is 2.91. The largest absolute Gasteiger partial charge is 0.391 e. The molecule has 4 nitrogen and oxygen atoms in total. The molecule has 1 fully saturated rings. The normalized spacial score (nSPS) is 22.9. The summed E-state index contributed by atoms with van der Waals surface area (Å²) in [6.07, 6.45) is -1.29. The number of thiazole rings is 1. The Morgan fingerprint density at radius 3 is 2.90 bits per heavy atom. The standard InChI is InChI=1S/C13H18F3N3OS/c1-19(8-11-17-5-6-21-11)12(20)18-10-4-2-3-9(7-10)13(14,15)16/h5-6,9-10H,2-4,7-8H2,1H3,(H,18,20)/t9-,10+/m0/s1. The molecule has 1 saturated carbocycles. The summed E-state index contributed by atoms with van der Waals surface area (Å²) in [7, 11) is 1.61. The van der Waals surface area contributed by atoms with Gasteiger partial charge in [0.2, 0.25) is 0 Å². The highest BCUT2D eigenvalue weighted by Crippen LogP contribution is 2.37. The van der Waals surface area contributed by atoms with E-state index >= 15 is 0 Å². The SMILES string of the molecule is CN(Cc1nccs1)C(=O)N[C@@H]1CCC[C@H](C(F)(F)F)C1. The Kier molecular flexibility index (Phi) is 5.08. The van der Waals surface area contributed by atoms with E-state index in [1.807, 2.05) is 5.38 Å². The molecule has 8 heteroatoms. The number of rotatable bonds is 3. The molecule has 2 rings (SSSR count). The summed E-state index contributed by atoms with van der Waals surface area (Å²) in [4.78, 5) is 17.5. The fourth-order valence-corrected chi connectivity index (χ4v) is 3.18. The van der Waals surface area contributed by atoms with Gasteiger partial charge in [0.05, 0.1) is 12.5 Å². The van der Waals surface area contributed by atoms with Gasteiger partial charge in [-0.05, 0) is 19.3 Å². The van der Waals surface area contributed by atoms with Crippen LogP contribution in [0.25, 0.3) is 0 Å². The van der Waals surface area contributed by atoms with E-state index in [0.717, 1.165) is 5.01 Å². The quantitative estimate of drug-likeness (QED) is 0.927. The number of hydrogen-bond acceptors (Lipinski definition) is 3. The molecule has 0 aromatic carbocycles. The fraction of sp³-hybridized carbons (Fsp3) is 0.692. The molecule has 0 saturated heterocycles. The molecule has 2 amide bonds. The van der Waals surface area contributed by atoms with E-state index in [1.165, 1.54) is 16.2 Å². The summed E-state index contributed by atoms with van der Waals surface area (Å²) in [5.41, 5.74) is 0. The number of nitrogens with zero attached hydrogens (tertiary/aromatic N) is 2. The number of carbonyl (C=O) groups is 1. The molecule has 1 aliphatic carbocycles. The van der Waals surface area contributed by atoms with E-state index in [4.69, 9.17) is 0 Å². The van der Waals surface area contributed by atoms with Crippen LogP contribution in [0.15, 0.2) is 11.6 Å². The molecule has 1 aromatic rings. The van der Waals surface area contributed by atoms with Gasteiger partial charge in [0, 0.05) is 24.7 Å². The van der Waals surface area contributed by atoms with Crippen LogP contribution in [0.3, 0.4) is 0 Å². The third kappa shape index (κ3) is 4.59. The third-order valence-corrected chi connectivity index (χ3v) is 4.43. The van der Waals surface area contributed by atoms with Crippen LogP contribution >= 0.6 is 11.3 Å². The molecule has 2 atom stereocenters. The van der Waals surface area contributed by atoms with Gasteiger partial charge < -0.3 is 10.2 Å². The molecule has 0 bridgehead atoms. The maximum Gasteiger partial charge on any atom is 0.391 e. The number of amides is 2. The lowest BCUT2D eigenvalue weighted by atomic mass is 9.85. The van der Waals surface area contributed by atoms with Gasteiger partial charge in [-0.25, -0.2) is 9.78 Å². The number of alkyl halides is 3. The molecule has 1 heterocycles. The first kappa shape index (κ1) is 16.1. The zero-order valence-electron chi connectivity index (χ0n) is 11.7. The van der Waals surface area contributed by atoms with Crippen LogP contribution in [0.1, 0.15) is 30.7 Å². The first-order chi connectivity index (χ1) is 9.86. The number of aromatic nitrogens is 1. The Morgan fingerprint density at radius 2 is 2.29 bits per heavy atom. The lowest BCUT2D eigenvalue weighted by Crippen LogP contribution is -2.46. The minimum absolute atomic E-state index is 0.0274. The first-order valence-corrected chi connectivity index (χ1v) is 7.71. The zero-order chi connectivity index (χ0) is 15.5. The first-order valence-electron chi connectivity index (χ1n) is 6.83. The lowest BCUT2D eigenvalue weighted by Gasteiger charge is -2.32. The van der Waals surface area contributed by atoms with Crippen molar-refractivity contribution in [1.82, 2.24) is 15.2 Å². The Labute approximate surface area is 125 Å². The van der Waals surface area contributed by atoms with Crippen molar-refractivity contribution in [2.24, 2.45) is 5.92 Å². The van der Waals surface area contributed by atoms with Crippen LogP contribution in [0, 0.1) is 5.92 Å². The molecule has 21 heavy (non-hydrogen) atoms. The minimum atomic E-state index is -4.17. The van der Waals surface area contributed by atoms with Crippen molar-refractivity contribution in [1.29, 1.82) is 0 Å². The van der Waals surface area contributed by atoms with E-state index in [9.17, 15) is 18.0 Å². The second-order valence-electron chi connectivity index (χ2n) is 5.33. The molecule has 1 aliphatic rings. The van der Waals surface area contributed by atoms with Crippen molar-refractivity contribution in [2.45, 2.75) is 44.4 Å². The van der Waals surface area contributed by atoms with Crippen molar-refractivity contribution in [3.63, 3.8) is 0 Å². The zero-order valence-corrected chi connectivity index (χ0v) is 12.5. The van der Waals surface area contributed by atoms with Crippen LogP contribution < -0.4 is 5.32 Å². The number of halogens is 3. The van der Waals surface area contributed by atoms with Gasteiger partial charge in [0.1, 0.15) is 5.01 Å². The van der Waals surface area contributed by atoms with Crippen LogP contribution in [-0.2, 0) is 6.54 Å². The van der Waals surface area contributed by atoms with Gasteiger partial charge in [0.25, 0.3) is 0 Å². The maximum atomic E-state index is 12.7. The second-order valence-corrected chi connectivity index (χ2v) is 6.31. The van der Waals surface area contributed by atoms with Crippen molar-refractivity contribution in [3.05, 3.63) is 16.6 Å². The summed E-state index contributed by atoms with van der Waals surface area (Å²) in [6.45, 7) is 0.360. The van der Waals surface area contributed by atoms with Gasteiger partial charge in [-0.15, -0.1) is 11.3 Å². The monoisotopic (exact) mass is 321 g/mol. The summed E-state index contributed by atoms with van der Waals surface area (Å²) in [5.74, 6) is -1.30. The molecule has 1 aromatic heterocycles. The van der Waals surface area contributed by atoms with Crippen LogP contribution in [0.4, 0.5) is 18.0 Å². The Balaban J connectivity index is 1.84. The van der Waals surface area contributed by atoms with Crippen LogP contribution in [0.5, 0.6) is 0 Å². The smallest absolute Gasteiger partial charge is 0.335 e. The number of carbonyl (C=O) groups excluding carboxylic acids is 1. The van der Waals surface area contributed by atoms with Crippen LogP contribution in [0.2, 0.25) is 0 Å². The van der Waals surface area contributed by atoms with E-state index in [-0.39, 0.29) is 18.9 Å². The molecule has 0 unspecified atom stereocenters. The highest BCUT2D eigenvalue weighted by Gasteiger charge is 2.42. The minimum Gasteiger partial charge on any atom is -0.335 e. The van der Waals surface area contributed by atoms with Crippen molar-refractivity contribution >= 4 is 17.4 Å². The number of urea groups is 1. The van der Waals surface area contributed by atoms with E-state index < -0.39 is 18.1 Å². The van der Waals surface area contributed by atoms with E-state index in [1.54, 1.807) is 13.2 Å².